The lowest BCUT2D eigenvalue weighted by Gasteiger charge is -2.19. The van der Waals surface area contributed by atoms with Gasteiger partial charge in [-0.3, -0.25) is 0 Å². The number of nitrogens with one attached hydrogen (secondary N) is 1. The molecule has 1 rings (SSSR count). The van der Waals surface area contributed by atoms with Crippen LogP contribution in [0.2, 0.25) is 0 Å². The van der Waals surface area contributed by atoms with Crippen LogP contribution in [0.5, 0.6) is 11.5 Å². The molecular weight excluding hydrogens is 322 g/mol. The summed E-state index contributed by atoms with van der Waals surface area (Å²) in [4.78, 5) is 11.3. The molecule has 0 heterocycles. The van der Waals surface area contributed by atoms with Crippen LogP contribution in [0.15, 0.2) is 18.2 Å². The number of carbonyl (C=O) groups excluding carboxylic acids is 1. The topological polar surface area (TPSA) is 56.8 Å². The van der Waals surface area contributed by atoms with E-state index in [1.165, 1.54) is 0 Å². The summed E-state index contributed by atoms with van der Waals surface area (Å²) in [7, 11) is 0. The minimum atomic E-state index is -4.97. The van der Waals surface area contributed by atoms with E-state index in [2.05, 4.69) is 10.1 Å². The zero-order chi connectivity index (χ0) is 17.7. The minimum Gasteiger partial charge on any atom is -0.492 e. The number of amides is 1. The van der Waals surface area contributed by atoms with Crippen LogP contribution in [0, 0.1) is 5.82 Å². The molecule has 0 radical (unpaired) electrons. The Morgan fingerprint density at radius 2 is 1.87 bits per heavy atom. The first-order valence-corrected chi connectivity index (χ1v) is 6.61. The second-order valence-electron chi connectivity index (χ2n) is 5.42. The zero-order valence-corrected chi connectivity index (χ0v) is 12.8. The summed E-state index contributed by atoms with van der Waals surface area (Å²) >= 11 is 0. The van der Waals surface area contributed by atoms with Gasteiger partial charge in [0.05, 0.1) is 6.54 Å². The van der Waals surface area contributed by atoms with Crippen LogP contribution in [0.1, 0.15) is 20.8 Å². The number of rotatable bonds is 5. The average Bonchev–Trinajstić information content (AvgIpc) is 2.34. The van der Waals surface area contributed by atoms with Crippen molar-refractivity contribution < 1.29 is 36.6 Å². The van der Waals surface area contributed by atoms with Crippen LogP contribution < -0.4 is 14.8 Å². The fourth-order valence-electron chi connectivity index (χ4n) is 1.41. The summed E-state index contributed by atoms with van der Waals surface area (Å²) in [6.07, 6.45) is -5.61. The molecule has 5 nitrogen and oxygen atoms in total. The Labute approximate surface area is 130 Å². The molecule has 1 amide bonds. The maximum Gasteiger partial charge on any atom is 0.573 e. The van der Waals surface area contributed by atoms with Crippen molar-refractivity contribution in [1.29, 1.82) is 0 Å². The Balaban J connectivity index is 2.41. The molecule has 1 N–H and O–H groups in total. The molecule has 9 heteroatoms. The maximum absolute atomic E-state index is 13.4. The van der Waals surface area contributed by atoms with E-state index < -0.39 is 29.6 Å². The highest BCUT2D eigenvalue weighted by atomic mass is 19.4. The quantitative estimate of drug-likeness (QED) is 0.657. The molecule has 1 aromatic rings. The van der Waals surface area contributed by atoms with Crippen LogP contribution in [0.25, 0.3) is 0 Å². The second-order valence-corrected chi connectivity index (χ2v) is 5.42. The fourth-order valence-corrected chi connectivity index (χ4v) is 1.41. The van der Waals surface area contributed by atoms with Crippen LogP contribution in [0.3, 0.4) is 0 Å². The lowest BCUT2D eigenvalue weighted by molar-refractivity contribution is -0.275. The van der Waals surface area contributed by atoms with Gasteiger partial charge in [-0.2, -0.15) is 0 Å². The fraction of sp³-hybridized carbons (Fsp3) is 0.500. The summed E-state index contributed by atoms with van der Waals surface area (Å²) in [5.74, 6) is -2.15. The molecular formula is C14H17F4NO4. The van der Waals surface area contributed by atoms with Crippen LogP contribution in [-0.2, 0) is 4.74 Å². The van der Waals surface area contributed by atoms with Crippen LogP contribution in [0.4, 0.5) is 22.4 Å². The molecule has 0 spiro atoms. The number of benzene rings is 1. The molecule has 0 saturated heterocycles. The normalized spacial score (nSPS) is 11.8. The van der Waals surface area contributed by atoms with Crippen molar-refractivity contribution in [1.82, 2.24) is 5.32 Å². The lowest BCUT2D eigenvalue weighted by Crippen LogP contribution is -2.34. The first kappa shape index (κ1) is 18.9. The predicted molar refractivity (Wildman–Crippen MR) is 72.8 cm³/mol. The predicted octanol–water partition coefficient (Wildman–Crippen LogP) is 3.63. The minimum absolute atomic E-state index is 0.00279. The van der Waals surface area contributed by atoms with Gasteiger partial charge in [-0.05, 0) is 32.9 Å². The van der Waals surface area contributed by atoms with Crippen molar-refractivity contribution in [3.63, 3.8) is 0 Å². The van der Waals surface area contributed by atoms with E-state index >= 15 is 0 Å². The van der Waals surface area contributed by atoms with Gasteiger partial charge in [0, 0.05) is 6.07 Å². The number of alkyl halides is 3. The second kappa shape index (κ2) is 7.38. The lowest BCUT2D eigenvalue weighted by atomic mass is 10.2. The Morgan fingerprint density at radius 3 is 2.39 bits per heavy atom. The first-order chi connectivity index (χ1) is 10.5. The molecule has 0 unspecified atom stereocenters. The SMILES string of the molecule is CC(C)(C)OC(=O)NCCOc1ccc(OC(F)(F)F)c(F)c1. The molecule has 23 heavy (non-hydrogen) atoms. The van der Waals surface area contributed by atoms with Crippen molar-refractivity contribution in [2.24, 2.45) is 0 Å². The van der Waals surface area contributed by atoms with Gasteiger partial charge >= 0.3 is 12.5 Å². The van der Waals surface area contributed by atoms with Crippen LogP contribution in [-0.4, -0.2) is 31.2 Å². The number of halogens is 4. The largest absolute Gasteiger partial charge is 0.573 e. The van der Waals surface area contributed by atoms with E-state index in [0.29, 0.717) is 0 Å². The first-order valence-electron chi connectivity index (χ1n) is 6.61. The van der Waals surface area contributed by atoms with E-state index in [1.54, 1.807) is 20.8 Å². The smallest absolute Gasteiger partial charge is 0.492 e. The van der Waals surface area contributed by atoms with E-state index in [9.17, 15) is 22.4 Å². The van der Waals surface area contributed by atoms with Gasteiger partial charge in [0.1, 0.15) is 18.0 Å². The van der Waals surface area contributed by atoms with Crippen molar-refractivity contribution in [2.75, 3.05) is 13.2 Å². The van der Waals surface area contributed by atoms with Gasteiger partial charge < -0.3 is 19.5 Å². The number of carbonyl (C=O) groups is 1. The highest BCUT2D eigenvalue weighted by molar-refractivity contribution is 5.67. The molecule has 1 aromatic carbocycles. The number of alkyl carbamates (subject to hydrolysis) is 1. The van der Waals surface area contributed by atoms with Gasteiger partial charge in [-0.15, -0.1) is 13.2 Å². The van der Waals surface area contributed by atoms with Gasteiger partial charge in [0.15, 0.2) is 11.6 Å². The molecule has 0 aliphatic heterocycles. The van der Waals surface area contributed by atoms with Crippen LogP contribution >= 0.6 is 0 Å². The maximum atomic E-state index is 13.4. The van der Waals surface area contributed by atoms with Gasteiger partial charge in [-0.1, -0.05) is 0 Å². The van der Waals surface area contributed by atoms with Crippen molar-refractivity contribution in [2.45, 2.75) is 32.7 Å². The molecule has 0 aliphatic carbocycles. The average molecular weight is 339 g/mol. The third-order valence-electron chi connectivity index (χ3n) is 2.17. The van der Waals surface area contributed by atoms with Gasteiger partial charge in [0.2, 0.25) is 0 Å². The monoisotopic (exact) mass is 339 g/mol. The summed E-state index contributed by atoms with van der Waals surface area (Å²) < 4.78 is 63.0. The molecule has 130 valence electrons. The highest BCUT2D eigenvalue weighted by Gasteiger charge is 2.32. The summed E-state index contributed by atoms with van der Waals surface area (Å²) in [5, 5.41) is 2.41. The Bertz CT molecular complexity index is 541. The molecule has 0 atom stereocenters. The van der Waals surface area contributed by atoms with Crippen molar-refractivity contribution >= 4 is 6.09 Å². The van der Waals surface area contributed by atoms with E-state index in [-0.39, 0.29) is 18.9 Å². The molecule has 0 saturated carbocycles. The molecule has 0 bridgehead atoms. The highest BCUT2D eigenvalue weighted by Crippen LogP contribution is 2.28. The standard InChI is InChI=1S/C14H17F4NO4/c1-13(2,3)23-12(20)19-6-7-21-9-4-5-11(10(15)8-9)22-14(16,17)18/h4-5,8H,6-7H2,1-3H3,(H,19,20). The van der Waals surface area contributed by atoms with Gasteiger partial charge in [-0.25, -0.2) is 9.18 Å². The zero-order valence-electron chi connectivity index (χ0n) is 12.8. The van der Waals surface area contributed by atoms with Crippen molar-refractivity contribution in [3.8, 4) is 11.5 Å². The Kier molecular flexibility index (Phi) is 6.05. The van der Waals surface area contributed by atoms with E-state index in [0.717, 1.165) is 18.2 Å². The molecule has 0 aromatic heterocycles. The van der Waals surface area contributed by atoms with Crippen molar-refractivity contribution in [3.05, 3.63) is 24.0 Å². The third-order valence-corrected chi connectivity index (χ3v) is 2.17. The summed E-state index contributed by atoms with van der Waals surface area (Å²) in [6.45, 7) is 5.18. The molecule has 0 fully saturated rings. The number of hydrogen-bond acceptors (Lipinski definition) is 4. The Hall–Kier alpha value is -2.19. The molecule has 0 aliphatic rings. The van der Waals surface area contributed by atoms with E-state index in [1.807, 2.05) is 0 Å². The number of hydrogen-bond donors (Lipinski definition) is 1. The van der Waals surface area contributed by atoms with E-state index in [4.69, 9.17) is 9.47 Å². The number of ether oxygens (including phenoxy) is 3. The Morgan fingerprint density at radius 1 is 1.22 bits per heavy atom. The third kappa shape index (κ3) is 8.12. The summed E-state index contributed by atoms with van der Waals surface area (Å²) in [5.41, 5.74) is -0.637. The van der Waals surface area contributed by atoms with Gasteiger partial charge in [0.25, 0.3) is 0 Å². The summed E-state index contributed by atoms with van der Waals surface area (Å²) in [6, 6.07) is 2.69.